The second-order valence-electron chi connectivity index (χ2n) is 6.99. The molecule has 0 N–H and O–H groups in total. The molecule has 0 bridgehead atoms. The van der Waals surface area contributed by atoms with Crippen molar-refractivity contribution < 1.29 is 9.59 Å². The molecule has 0 aromatic heterocycles. The van der Waals surface area contributed by atoms with Crippen molar-refractivity contribution in [1.82, 2.24) is 0 Å². The summed E-state index contributed by atoms with van der Waals surface area (Å²) in [4.78, 5) is 20.6. The lowest BCUT2D eigenvalue weighted by Gasteiger charge is -2.02. The van der Waals surface area contributed by atoms with Gasteiger partial charge in [0.1, 0.15) is 20.1 Å². The highest BCUT2D eigenvalue weighted by atomic mass is 28.3. The summed E-state index contributed by atoms with van der Waals surface area (Å²) in [6.45, 7) is 14.9. The van der Waals surface area contributed by atoms with Crippen molar-refractivity contribution in [2.24, 2.45) is 0 Å². The highest BCUT2D eigenvalue weighted by Gasteiger charge is 2.06. The van der Waals surface area contributed by atoms with Crippen LogP contribution in [0.3, 0.4) is 0 Å². The van der Waals surface area contributed by atoms with Crippen LogP contribution in [0.1, 0.15) is 36.5 Å². The predicted octanol–water partition coefficient (Wildman–Crippen LogP) is 6.48. The number of unbranched alkanes of at least 4 members (excludes halogenated alkanes) is 1. The number of carbonyl (C=O) groups is 2. The number of rotatable bonds is 4. The molecule has 3 heteroatoms. The summed E-state index contributed by atoms with van der Waals surface area (Å²) < 4.78 is 0. The largest absolute Gasteiger partial charge is 0.300 e. The van der Waals surface area contributed by atoms with E-state index in [1.54, 1.807) is 19.1 Å². The molecule has 0 saturated carbocycles. The molecule has 0 amide bonds. The third-order valence-electron chi connectivity index (χ3n) is 2.84. The van der Waals surface area contributed by atoms with E-state index >= 15 is 0 Å². The predicted molar refractivity (Wildman–Crippen MR) is 134 cm³/mol. The Labute approximate surface area is 193 Å². The summed E-state index contributed by atoms with van der Waals surface area (Å²) in [6, 6.07) is 9.10. The quantitative estimate of drug-likeness (QED) is 0.178. The molecule has 0 heterocycles. The first-order chi connectivity index (χ1) is 15.3. The van der Waals surface area contributed by atoms with Crippen LogP contribution in [0.2, 0.25) is 19.6 Å². The Hall–Kier alpha value is -4.12. The lowest BCUT2D eigenvalue weighted by atomic mass is 10.2. The Morgan fingerprint density at radius 1 is 0.875 bits per heavy atom. The van der Waals surface area contributed by atoms with Gasteiger partial charge in [-0.2, -0.15) is 0 Å². The van der Waals surface area contributed by atoms with Gasteiger partial charge < -0.3 is 4.79 Å². The van der Waals surface area contributed by atoms with Crippen molar-refractivity contribution in [3.8, 4) is 11.5 Å². The first kappa shape index (κ1) is 30.1. The molecule has 1 rings (SSSR count). The van der Waals surface area contributed by atoms with Gasteiger partial charge in [0.25, 0.3) is 0 Å². The zero-order valence-electron chi connectivity index (χ0n) is 19.3. The Bertz CT molecular complexity index is 1110. The fourth-order valence-electron chi connectivity index (χ4n) is 1.56. The molecule has 0 radical (unpaired) electrons. The van der Waals surface area contributed by atoms with Gasteiger partial charge in [-0.3, -0.25) is 4.79 Å². The second-order valence-corrected chi connectivity index (χ2v) is 11.7. The van der Waals surface area contributed by atoms with Crippen molar-refractivity contribution in [1.29, 1.82) is 0 Å². The highest BCUT2D eigenvalue weighted by Crippen LogP contribution is 1.99. The van der Waals surface area contributed by atoms with Gasteiger partial charge in [-0.15, -0.1) is 11.5 Å². The number of carbonyl (C=O) groups excluding carboxylic acids is 2. The van der Waals surface area contributed by atoms with Crippen LogP contribution in [0.5, 0.6) is 0 Å². The fourth-order valence-corrected chi connectivity index (χ4v) is 2.22. The number of benzene rings is 1. The highest BCUT2D eigenvalue weighted by molar-refractivity contribution is 6.83. The van der Waals surface area contributed by atoms with Crippen LogP contribution < -0.4 is 0 Å². The molecular weight excluding hydrogens is 408 g/mol. The van der Waals surface area contributed by atoms with Gasteiger partial charge in [0.2, 0.25) is 0 Å². The SMILES string of the molecule is C=C=C=C=C=C=C=C=C=C=C=C.CC(=O)CCCC#C[Si](C)(C)C.O=Cc1ccccc1. The van der Waals surface area contributed by atoms with Crippen LogP contribution in [0.15, 0.2) is 101 Å². The molecule has 0 aliphatic heterocycles. The van der Waals surface area contributed by atoms with Crippen molar-refractivity contribution in [2.75, 3.05) is 0 Å². The molecular formula is C29H28O2Si. The van der Waals surface area contributed by atoms with Gasteiger partial charge in [0, 0.05) is 18.4 Å². The molecule has 0 aliphatic carbocycles. The minimum atomic E-state index is -1.18. The Kier molecular flexibility index (Phi) is 20.3. The standard InChI is InChI=1S/C12H4.C10H18OSi.C7H6O/c1-3-5-7-9-11-12-10-8-6-4-2;1-10(11)8-6-5-7-9-12(2,3)4;8-6-7-4-2-1-3-5-7/h1-2H2;5-6,8H2,1-4H3;1-6H. The van der Waals surface area contributed by atoms with E-state index in [1.165, 1.54) is 0 Å². The van der Waals surface area contributed by atoms with E-state index in [4.69, 9.17) is 0 Å². The van der Waals surface area contributed by atoms with Gasteiger partial charge in [-0.25, -0.2) is 0 Å². The molecule has 0 aliphatic rings. The third-order valence-corrected chi connectivity index (χ3v) is 3.77. The number of Topliss-reactive ketones (excluding diaryl/α,β-unsaturated/α-hetero) is 1. The summed E-state index contributed by atoms with van der Waals surface area (Å²) in [7, 11) is -1.18. The molecule has 32 heavy (non-hydrogen) atoms. The Balaban J connectivity index is 0. The van der Waals surface area contributed by atoms with E-state index in [1.807, 2.05) is 18.2 Å². The molecule has 0 saturated heterocycles. The molecule has 2 nitrogen and oxygen atoms in total. The number of hydrogen-bond donors (Lipinski definition) is 0. The van der Waals surface area contributed by atoms with Crippen LogP contribution in [0.25, 0.3) is 0 Å². The van der Waals surface area contributed by atoms with Crippen LogP contribution >= 0.6 is 0 Å². The van der Waals surface area contributed by atoms with Crippen LogP contribution in [0, 0.1) is 11.5 Å². The monoisotopic (exact) mass is 436 g/mol. The van der Waals surface area contributed by atoms with E-state index in [-0.39, 0.29) is 5.78 Å². The minimum absolute atomic E-state index is 0.268. The summed E-state index contributed by atoms with van der Waals surface area (Å²) in [5, 5.41) is 0. The van der Waals surface area contributed by atoms with Gasteiger partial charge >= 0.3 is 0 Å². The third kappa shape index (κ3) is 28.1. The normalized spacial score (nSPS) is 7.38. The average molecular weight is 437 g/mol. The van der Waals surface area contributed by atoms with Gasteiger partial charge in [-0.1, -0.05) is 61.4 Å². The van der Waals surface area contributed by atoms with Crippen molar-refractivity contribution in [2.45, 2.75) is 45.8 Å². The maximum absolute atomic E-state index is 10.6. The van der Waals surface area contributed by atoms with Crippen LogP contribution in [0.4, 0.5) is 0 Å². The first-order valence-corrected chi connectivity index (χ1v) is 13.3. The maximum atomic E-state index is 10.6. The van der Waals surface area contributed by atoms with E-state index in [2.05, 4.69) is 102 Å². The van der Waals surface area contributed by atoms with Crippen LogP contribution in [-0.4, -0.2) is 20.1 Å². The zero-order valence-corrected chi connectivity index (χ0v) is 20.3. The fraction of sp³-hybridized carbons (Fsp3) is 0.241. The summed E-state index contributed by atoms with van der Waals surface area (Å²) in [5.41, 5.74) is 28.4. The minimum Gasteiger partial charge on any atom is -0.300 e. The molecule has 160 valence electrons. The molecule has 0 fully saturated rings. The van der Waals surface area contributed by atoms with Crippen molar-refractivity contribution >= 4 is 20.1 Å². The van der Waals surface area contributed by atoms with E-state index in [0.29, 0.717) is 6.42 Å². The lowest BCUT2D eigenvalue weighted by molar-refractivity contribution is -0.117. The van der Waals surface area contributed by atoms with Crippen LogP contribution in [-0.2, 0) is 4.79 Å². The van der Waals surface area contributed by atoms with E-state index < -0.39 is 8.07 Å². The van der Waals surface area contributed by atoms with Gasteiger partial charge in [-0.05, 0) is 72.4 Å². The Morgan fingerprint density at radius 3 is 1.69 bits per heavy atom. The first-order valence-electron chi connectivity index (χ1n) is 9.80. The van der Waals surface area contributed by atoms with Crippen molar-refractivity contribution in [3.63, 3.8) is 0 Å². The number of aldehydes is 1. The summed E-state index contributed by atoms with van der Waals surface area (Å²) in [5.74, 6) is 3.41. The van der Waals surface area contributed by atoms with Gasteiger partial charge in [0.05, 0.1) is 0 Å². The molecule has 1 aromatic carbocycles. The van der Waals surface area contributed by atoms with E-state index in [0.717, 1.165) is 24.7 Å². The molecule has 0 atom stereocenters. The average Bonchev–Trinajstić information content (AvgIpc) is 2.76. The number of hydrogen-bond acceptors (Lipinski definition) is 2. The summed E-state index contributed by atoms with van der Waals surface area (Å²) >= 11 is 0. The summed E-state index contributed by atoms with van der Waals surface area (Å²) in [6.07, 6.45) is 3.32. The number of ketones is 1. The molecule has 0 unspecified atom stereocenters. The van der Waals surface area contributed by atoms with E-state index in [9.17, 15) is 9.59 Å². The smallest absolute Gasteiger partial charge is 0.150 e. The molecule has 0 spiro atoms. The molecule has 1 aromatic rings. The van der Waals surface area contributed by atoms with Crippen molar-refractivity contribution in [3.05, 3.63) is 106 Å². The zero-order chi connectivity index (χ0) is 24.5. The Morgan fingerprint density at radius 2 is 1.34 bits per heavy atom. The maximum Gasteiger partial charge on any atom is 0.150 e. The lowest BCUT2D eigenvalue weighted by Crippen LogP contribution is -2.16. The second kappa shape index (κ2) is 21.6. The van der Waals surface area contributed by atoms with Gasteiger partial charge in [0.15, 0.2) is 0 Å². The topological polar surface area (TPSA) is 34.1 Å².